The van der Waals surface area contributed by atoms with Gasteiger partial charge in [-0.3, -0.25) is 4.90 Å². The van der Waals surface area contributed by atoms with Gasteiger partial charge in [-0.15, -0.1) is 11.3 Å². The van der Waals surface area contributed by atoms with E-state index in [1.54, 1.807) is 11.3 Å². The Morgan fingerprint density at radius 2 is 1.91 bits per heavy atom. The van der Waals surface area contributed by atoms with Gasteiger partial charge in [-0.25, -0.2) is 4.98 Å². The van der Waals surface area contributed by atoms with E-state index in [-0.39, 0.29) is 0 Å². The molecule has 2 atom stereocenters. The smallest absolute Gasteiger partial charge is 0.185 e. The lowest BCUT2D eigenvalue weighted by Gasteiger charge is -2.43. The van der Waals surface area contributed by atoms with Gasteiger partial charge in [-0.05, 0) is 26.0 Å². The van der Waals surface area contributed by atoms with Crippen molar-refractivity contribution < 1.29 is 0 Å². The third-order valence-electron chi connectivity index (χ3n) is 4.06. The van der Waals surface area contributed by atoms with Gasteiger partial charge >= 0.3 is 0 Å². The van der Waals surface area contributed by atoms with E-state index in [0.29, 0.717) is 12.1 Å². The van der Waals surface area contributed by atoms with Gasteiger partial charge < -0.3 is 4.90 Å². The molecule has 3 rings (SSSR count). The normalized spacial score (nSPS) is 22.2. The zero-order valence-electron chi connectivity index (χ0n) is 13.1. The summed E-state index contributed by atoms with van der Waals surface area (Å²) in [4.78, 5) is 9.31. The topological polar surface area (TPSA) is 19.4 Å². The maximum Gasteiger partial charge on any atom is 0.185 e. The van der Waals surface area contributed by atoms with Crippen molar-refractivity contribution in [1.82, 2.24) is 9.88 Å². The predicted molar refractivity (Wildman–Crippen MR) is 93.3 cm³/mol. The summed E-state index contributed by atoms with van der Waals surface area (Å²) in [5, 5.41) is 3.18. The van der Waals surface area contributed by atoms with Crippen molar-refractivity contribution in [2.45, 2.75) is 25.9 Å². The van der Waals surface area contributed by atoms with E-state index < -0.39 is 0 Å². The number of nitrogens with zero attached hydrogens (tertiary/aromatic N) is 3. The molecule has 2 heterocycles. The van der Waals surface area contributed by atoms with Crippen molar-refractivity contribution in [3.63, 3.8) is 0 Å². The summed E-state index contributed by atoms with van der Waals surface area (Å²) < 4.78 is 0. The number of hydrogen-bond acceptors (Lipinski definition) is 4. The Hall–Kier alpha value is -1.83. The van der Waals surface area contributed by atoms with Crippen LogP contribution in [-0.2, 0) is 0 Å². The summed E-state index contributed by atoms with van der Waals surface area (Å²) in [6, 6.07) is 11.2. The highest BCUT2D eigenvalue weighted by molar-refractivity contribution is 7.13. The molecule has 1 aliphatic heterocycles. The zero-order chi connectivity index (χ0) is 15.4. The largest absolute Gasteiger partial charge is 0.345 e. The average molecular weight is 311 g/mol. The highest BCUT2D eigenvalue weighted by Gasteiger charge is 2.29. The van der Waals surface area contributed by atoms with E-state index in [2.05, 4.69) is 52.6 Å². The highest BCUT2D eigenvalue weighted by atomic mass is 32.1. The van der Waals surface area contributed by atoms with Crippen LogP contribution in [0, 0.1) is 11.8 Å². The molecule has 0 radical (unpaired) electrons. The molecule has 1 aromatic heterocycles. The summed E-state index contributed by atoms with van der Waals surface area (Å²) in [6.45, 7) is 7.42. The molecule has 0 saturated carbocycles. The van der Waals surface area contributed by atoms with Crippen LogP contribution >= 0.6 is 11.3 Å². The molecule has 1 fully saturated rings. The van der Waals surface area contributed by atoms with Gasteiger partial charge in [0.1, 0.15) is 0 Å². The van der Waals surface area contributed by atoms with Gasteiger partial charge in [-0.2, -0.15) is 0 Å². The van der Waals surface area contributed by atoms with Gasteiger partial charge in [0.25, 0.3) is 0 Å². The first kappa shape index (κ1) is 15.1. The second kappa shape index (κ2) is 6.95. The van der Waals surface area contributed by atoms with E-state index in [1.165, 1.54) is 0 Å². The van der Waals surface area contributed by atoms with Crippen LogP contribution in [0.1, 0.15) is 19.4 Å². The van der Waals surface area contributed by atoms with E-state index >= 15 is 0 Å². The first-order valence-corrected chi connectivity index (χ1v) is 8.56. The van der Waals surface area contributed by atoms with Crippen LogP contribution < -0.4 is 4.90 Å². The lowest BCUT2D eigenvalue weighted by molar-refractivity contribution is 0.152. The third-order valence-corrected chi connectivity index (χ3v) is 4.89. The summed E-state index contributed by atoms with van der Waals surface area (Å²) in [5.41, 5.74) is 1.09. The van der Waals surface area contributed by atoms with Crippen LogP contribution in [0.2, 0.25) is 0 Å². The van der Waals surface area contributed by atoms with Gasteiger partial charge in [0.15, 0.2) is 5.13 Å². The second-order valence-electron chi connectivity index (χ2n) is 5.76. The summed E-state index contributed by atoms with van der Waals surface area (Å²) in [5.74, 6) is 6.58. The lowest BCUT2D eigenvalue weighted by atomic mass is 10.1. The van der Waals surface area contributed by atoms with Gasteiger partial charge in [0, 0.05) is 42.3 Å². The fraction of sp³-hybridized carbons (Fsp3) is 0.389. The maximum atomic E-state index is 4.43. The lowest BCUT2D eigenvalue weighted by Crippen LogP contribution is -2.56. The molecule has 3 nitrogen and oxygen atoms in total. The van der Waals surface area contributed by atoms with Gasteiger partial charge in [0.05, 0.1) is 6.54 Å². The summed E-state index contributed by atoms with van der Waals surface area (Å²) in [6.07, 6.45) is 1.88. The van der Waals surface area contributed by atoms with E-state index in [1.807, 2.05) is 29.8 Å². The van der Waals surface area contributed by atoms with Gasteiger partial charge in [0.2, 0.25) is 0 Å². The standard InChI is InChI=1S/C18H21N3S/c1-15-13-20(18-19-10-12-22-18)14-16(2)21(15)11-6-9-17-7-4-3-5-8-17/h3-5,7-8,10,12,15-16H,11,13-14H2,1-2H3/t15-,16+. The molecule has 1 aliphatic rings. The van der Waals surface area contributed by atoms with Crippen molar-refractivity contribution in [3.05, 3.63) is 47.5 Å². The molecule has 4 heteroatoms. The number of benzene rings is 1. The number of aromatic nitrogens is 1. The molecule has 114 valence electrons. The zero-order valence-corrected chi connectivity index (χ0v) is 13.9. The van der Waals surface area contributed by atoms with Crippen molar-refractivity contribution in [1.29, 1.82) is 0 Å². The van der Waals surface area contributed by atoms with Gasteiger partial charge in [-0.1, -0.05) is 30.0 Å². The maximum absolute atomic E-state index is 4.43. The van der Waals surface area contributed by atoms with Crippen LogP contribution in [0.25, 0.3) is 0 Å². The molecule has 22 heavy (non-hydrogen) atoms. The summed E-state index contributed by atoms with van der Waals surface area (Å²) in [7, 11) is 0. The Kier molecular flexibility index (Phi) is 4.77. The number of piperazine rings is 1. The minimum atomic E-state index is 0.484. The Labute approximate surface area is 136 Å². The molecule has 0 N–H and O–H groups in total. The monoisotopic (exact) mass is 311 g/mol. The molecular formula is C18H21N3S. The Bertz CT molecular complexity index is 630. The highest BCUT2D eigenvalue weighted by Crippen LogP contribution is 2.23. The van der Waals surface area contributed by atoms with Crippen LogP contribution in [-0.4, -0.2) is 41.6 Å². The third kappa shape index (κ3) is 3.49. The number of thiazole rings is 1. The summed E-state index contributed by atoms with van der Waals surface area (Å²) >= 11 is 1.72. The number of hydrogen-bond donors (Lipinski definition) is 0. The molecule has 1 saturated heterocycles. The molecular weight excluding hydrogens is 290 g/mol. The van der Waals surface area contributed by atoms with Crippen molar-refractivity contribution >= 4 is 16.5 Å². The first-order valence-electron chi connectivity index (χ1n) is 7.68. The van der Waals surface area contributed by atoms with E-state index in [4.69, 9.17) is 0 Å². The van der Waals surface area contributed by atoms with Crippen molar-refractivity contribution in [3.8, 4) is 11.8 Å². The van der Waals surface area contributed by atoms with Crippen LogP contribution in [0.15, 0.2) is 41.9 Å². The number of rotatable bonds is 2. The second-order valence-corrected chi connectivity index (χ2v) is 6.63. The Morgan fingerprint density at radius 3 is 2.55 bits per heavy atom. The van der Waals surface area contributed by atoms with E-state index in [9.17, 15) is 0 Å². The van der Waals surface area contributed by atoms with Crippen LogP contribution in [0.4, 0.5) is 5.13 Å². The molecule has 0 spiro atoms. The first-order chi connectivity index (χ1) is 10.7. The minimum Gasteiger partial charge on any atom is -0.345 e. The Morgan fingerprint density at radius 1 is 1.18 bits per heavy atom. The molecule has 0 unspecified atom stereocenters. The molecule has 1 aromatic carbocycles. The Balaban J connectivity index is 1.62. The quantitative estimate of drug-likeness (QED) is 0.795. The molecule has 0 bridgehead atoms. The fourth-order valence-electron chi connectivity index (χ4n) is 2.95. The minimum absolute atomic E-state index is 0.484. The van der Waals surface area contributed by atoms with Crippen LogP contribution in [0.5, 0.6) is 0 Å². The molecule has 0 amide bonds. The number of anilines is 1. The van der Waals surface area contributed by atoms with Crippen molar-refractivity contribution in [2.24, 2.45) is 0 Å². The van der Waals surface area contributed by atoms with Crippen LogP contribution in [0.3, 0.4) is 0 Å². The van der Waals surface area contributed by atoms with E-state index in [0.717, 1.165) is 30.3 Å². The predicted octanol–water partition coefficient (Wildman–Crippen LogP) is 3.09. The average Bonchev–Trinajstić information content (AvgIpc) is 3.05. The SMILES string of the molecule is C[C@@H]1CN(c2nccs2)C[C@H](C)N1CC#Cc1ccccc1. The fourth-order valence-corrected chi connectivity index (χ4v) is 3.61. The van der Waals surface area contributed by atoms with Crippen molar-refractivity contribution in [2.75, 3.05) is 24.5 Å². The molecule has 2 aromatic rings. The molecule has 0 aliphatic carbocycles.